The third-order valence-electron chi connectivity index (χ3n) is 2.45. The number of hydrogen-bond donors (Lipinski definition) is 0. The van der Waals surface area contributed by atoms with Gasteiger partial charge in [-0.25, -0.2) is 4.79 Å². The minimum atomic E-state index is -0.674. The van der Waals surface area contributed by atoms with Crippen molar-refractivity contribution in [1.29, 1.82) is 0 Å². The van der Waals surface area contributed by atoms with Crippen LogP contribution in [-0.2, 0) is 23.9 Å². The van der Waals surface area contributed by atoms with Gasteiger partial charge in [0.2, 0.25) is 0 Å². The molecule has 0 aliphatic heterocycles. The van der Waals surface area contributed by atoms with Crippen LogP contribution in [0.4, 0.5) is 0 Å². The zero-order chi connectivity index (χ0) is 12.8. The molecule has 0 amide bonds. The highest BCUT2D eigenvalue weighted by atomic mass is 16.5. The molecular formula is C12H16O5. The molecule has 0 bridgehead atoms. The Hall–Kier alpha value is -1.65. The van der Waals surface area contributed by atoms with Crippen LogP contribution >= 0.6 is 0 Å². The van der Waals surface area contributed by atoms with Gasteiger partial charge in [-0.05, 0) is 26.3 Å². The smallest absolute Gasteiger partial charge is 0.335 e. The van der Waals surface area contributed by atoms with Gasteiger partial charge in [-0.1, -0.05) is 0 Å². The summed E-state index contributed by atoms with van der Waals surface area (Å²) < 4.78 is 9.70. The molecule has 0 saturated carbocycles. The first-order chi connectivity index (χ1) is 8.10. The number of ether oxygens (including phenoxy) is 2. The molecule has 0 heterocycles. The second-order valence-electron chi connectivity index (χ2n) is 3.63. The van der Waals surface area contributed by atoms with Crippen LogP contribution in [0, 0.1) is 5.92 Å². The molecule has 1 aliphatic rings. The minimum Gasteiger partial charge on any atom is -0.466 e. The number of carbonyl (C=O) groups is 3. The first-order valence-electron chi connectivity index (χ1n) is 5.68. The highest BCUT2D eigenvalue weighted by Crippen LogP contribution is 2.25. The van der Waals surface area contributed by atoms with E-state index >= 15 is 0 Å². The van der Waals surface area contributed by atoms with Gasteiger partial charge in [-0.15, -0.1) is 0 Å². The number of hydrogen-bond acceptors (Lipinski definition) is 5. The highest BCUT2D eigenvalue weighted by molar-refractivity contribution is 6.04. The molecule has 0 N–H and O–H groups in total. The quantitative estimate of drug-likeness (QED) is 0.686. The third-order valence-corrected chi connectivity index (χ3v) is 2.45. The zero-order valence-corrected chi connectivity index (χ0v) is 10.0. The summed E-state index contributed by atoms with van der Waals surface area (Å²) in [5.41, 5.74) is 0.113. The molecule has 1 atom stereocenters. The average molecular weight is 240 g/mol. The van der Waals surface area contributed by atoms with Gasteiger partial charge in [0.1, 0.15) is 0 Å². The number of rotatable bonds is 4. The van der Waals surface area contributed by atoms with E-state index in [0.717, 1.165) is 0 Å². The summed E-state index contributed by atoms with van der Waals surface area (Å²) in [5.74, 6) is -1.92. The van der Waals surface area contributed by atoms with E-state index < -0.39 is 17.9 Å². The molecule has 0 saturated heterocycles. The molecule has 94 valence electrons. The summed E-state index contributed by atoms with van der Waals surface area (Å²) in [6.07, 6.45) is 1.76. The van der Waals surface area contributed by atoms with Crippen molar-refractivity contribution in [3.8, 4) is 0 Å². The number of ketones is 1. The summed E-state index contributed by atoms with van der Waals surface area (Å²) in [6, 6.07) is 0. The molecule has 0 spiro atoms. The first-order valence-corrected chi connectivity index (χ1v) is 5.68. The van der Waals surface area contributed by atoms with Crippen molar-refractivity contribution in [1.82, 2.24) is 0 Å². The highest BCUT2D eigenvalue weighted by Gasteiger charge is 2.33. The van der Waals surface area contributed by atoms with Crippen LogP contribution in [0.5, 0.6) is 0 Å². The molecule has 1 unspecified atom stereocenters. The van der Waals surface area contributed by atoms with E-state index in [1.165, 1.54) is 6.08 Å². The summed E-state index contributed by atoms with van der Waals surface area (Å²) >= 11 is 0. The van der Waals surface area contributed by atoms with E-state index in [4.69, 9.17) is 9.47 Å². The van der Waals surface area contributed by atoms with Gasteiger partial charge < -0.3 is 9.47 Å². The Morgan fingerprint density at radius 2 is 1.94 bits per heavy atom. The molecule has 1 aliphatic carbocycles. The fourth-order valence-electron chi connectivity index (χ4n) is 1.69. The van der Waals surface area contributed by atoms with Gasteiger partial charge in [0.25, 0.3) is 0 Å². The molecule has 0 fully saturated rings. The van der Waals surface area contributed by atoms with Gasteiger partial charge in [-0.2, -0.15) is 0 Å². The van der Waals surface area contributed by atoms with Crippen LogP contribution in [0.3, 0.4) is 0 Å². The molecule has 5 nitrogen and oxygen atoms in total. The fraction of sp³-hybridized carbons (Fsp3) is 0.583. The van der Waals surface area contributed by atoms with E-state index in [9.17, 15) is 14.4 Å². The van der Waals surface area contributed by atoms with Crippen molar-refractivity contribution >= 4 is 17.7 Å². The largest absolute Gasteiger partial charge is 0.466 e. The summed E-state index contributed by atoms with van der Waals surface area (Å²) in [4.78, 5) is 34.5. The Morgan fingerprint density at radius 1 is 1.29 bits per heavy atom. The Balaban J connectivity index is 2.88. The van der Waals surface area contributed by atoms with Gasteiger partial charge >= 0.3 is 11.9 Å². The first kappa shape index (κ1) is 13.4. The second-order valence-corrected chi connectivity index (χ2v) is 3.63. The lowest BCUT2D eigenvalue weighted by atomic mass is 9.87. The van der Waals surface area contributed by atoms with E-state index in [2.05, 4.69) is 0 Å². The monoisotopic (exact) mass is 240 g/mol. The second kappa shape index (κ2) is 6.18. The molecule has 5 heteroatoms. The van der Waals surface area contributed by atoms with Crippen molar-refractivity contribution in [3.63, 3.8) is 0 Å². The standard InChI is InChI=1S/C12H16O5/c1-3-16-11(14)9-6-5-8(13)7-10(9)12(15)17-4-2/h7,9H,3-6H2,1-2H3. The van der Waals surface area contributed by atoms with E-state index in [-0.39, 0.29) is 31.0 Å². The van der Waals surface area contributed by atoms with Crippen LogP contribution < -0.4 is 0 Å². The molecule has 1 rings (SSSR count). The van der Waals surface area contributed by atoms with E-state index in [1.54, 1.807) is 13.8 Å². The fourth-order valence-corrected chi connectivity index (χ4v) is 1.69. The van der Waals surface area contributed by atoms with Crippen molar-refractivity contribution in [2.45, 2.75) is 26.7 Å². The number of esters is 2. The van der Waals surface area contributed by atoms with E-state index in [0.29, 0.717) is 6.42 Å². The maximum atomic E-state index is 11.6. The Kier molecular flexibility index (Phi) is 4.87. The lowest BCUT2D eigenvalue weighted by Crippen LogP contribution is -2.29. The maximum absolute atomic E-state index is 11.6. The molecule has 0 radical (unpaired) electrons. The minimum absolute atomic E-state index is 0.113. The van der Waals surface area contributed by atoms with Crippen LogP contribution in [0.25, 0.3) is 0 Å². The summed E-state index contributed by atoms with van der Waals surface area (Å²) in [7, 11) is 0. The topological polar surface area (TPSA) is 69.7 Å². The van der Waals surface area contributed by atoms with Gasteiger partial charge in [0, 0.05) is 6.42 Å². The summed E-state index contributed by atoms with van der Waals surface area (Å²) in [5, 5.41) is 0. The molecule has 0 aromatic carbocycles. The average Bonchev–Trinajstić information content (AvgIpc) is 2.29. The Bertz CT molecular complexity index is 356. The molecule has 0 aromatic rings. The molecule has 17 heavy (non-hydrogen) atoms. The predicted molar refractivity (Wildman–Crippen MR) is 59.1 cm³/mol. The third kappa shape index (κ3) is 3.41. The lowest BCUT2D eigenvalue weighted by Gasteiger charge is -2.20. The maximum Gasteiger partial charge on any atom is 0.335 e. The van der Waals surface area contributed by atoms with Crippen LogP contribution in [-0.4, -0.2) is 30.9 Å². The lowest BCUT2D eigenvalue weighted by molar-refractivity contribution is -0.150. The SMILES string of the molecule is CCOC(=O)C1=CC(=O)CCC1C(=O)OCC. The van der Waals surface area contributed by atoms with Crippen LogP contribution in [0.15, 0.2) is 11.6 Å². The molecular weight excluding hydrogens is 224 g/mol. The molecule has 0 aromatic heterocycles. The van der Waals surface area contributed by atoms with Crippen LogP contribution in [0.2, 0.25) is 0 Å². The van der Waals surface area contributed by atoms with Gasteiger partial charge in [0.05, 0.1) is 24.7 Å². The van der Waals surface area contributed by atoms with Crippen LogP contribution in [0.1, 0.15) is 26.7 Å². The summed E-state index contributed by atoms with van der Waals surface area (Å²) in [6.45, 7) is 3.82. The van der Waals surface area contributed by atoms with E-state index in [1.807, 2.05) is 0 Å². The number of carbonyl (C=O) groups excluding carboxylic acids is 3. The van der Waals surface area contributed by atoms with Gasteiger partial charge in [0.15, 0.2) is 5.78 Å². The number of allylic oxidation sites excluding steroid dienone is 1. The predicted octanol–water partition coefficient (Wildman–Crippen LogP) is 1.02. The Labute approximate surface area is 99.8 Å². The van der Waals surface area contributed by atoms with Crippen molar-refractivity contribution in [2.24, 2.45) is 5.92 Å². The zero-order valence-electron chi connectivity index (χ0n) is 10.0. The normalized spacial score (nSPS) is 19.5. The van der Waals surface area contributed by atoms with Crippen molar-refractivity contribution < 1.29 is 23.9 Å². The van der Waals surface area contributed by atoms with Crippen molar-refractivity contribution in [2.75, 3.05) is 13.2 Å². The Morgan fingerprint density at radius 3 is 2.53 bits per heavy atom. The van der Waals surface area contributed by atoms with Crippen molar-refractivity contribution in [3.05, 3.63) is 11.6 Å². The van der Waals surface area contributed by atoms with Gasteiger partial charge in [-0.3, -0.25) is 9.59 Å².